The number of amides is 1. The Morgan fingerprint density at radius 2 is 2.00 bits per heavy atom. The van der Waals surface area contributed by atoms with E-state index in [0.29, 0.717) is 18.1 Å². The number of nitrogens with one attached hydrogen (secondary N) is 1. The highest BCUT2D eigenvalue weighted by Crippen LogP contribution is 2.31. The molecule has 7 heteroatoms. The highest BCUT2D eigenvalue weighted by molar-refractivity contribution is 5.78. The molecule has 3 rings (SSSR count). The number of rotatable bonds is 6. The third kappa shape index (κ3) is 4.04. The summed E-state index contributed by atoms with van der Waals surface area (Å²) in [7, 11) is 3.44. The number of hydrogen-bond acceptors (Lipinski definition) is 6. The third-order valence-corrected chi connectivity index (χ3v) is 4.45. The monoisotopic (exact) mass is 356 g/mol. The maximum absolute atomic E-state index is 12.7. The molecular formula is C19H24N4O3. The molecule has 2 heterocycles. The lowest BCUT2D eigenvalue weighted by molar-refractivity contribution is -0.134. The molecule has 138 valence electrons. The number of aromatic nitrogens is 2. The largest absolute Gasteiger partial charge is 0.497 e. The van der Waals surface area contributed by atoms with Crippen LogP contribution in [0.4, 0.5) is 5.82 Å². The van der Waals surface area contributed by atoms with Crippen molar-refractivity contribution in [1.82, 2.24) is 14.9 Å². The van der Waals surface area contributed by atoms with Gasteiger partial charge < -0.3 is 19.7 Å². The minimum absolute atomic E-state index is 0.00573. The maximum atomic E-state index is 12.7. The summed E-state index contributed by atoms with van der Waals surface area (Å²) in [5.74, 6) is 2.82. The molecule has 1 aliphatic rings. The van der Waals surface area contributed by atoms with Crippen molar-refractivity contribution in [3.8, 4) is 11.5 Å². The summed E-state index contributed by atoms with van der Waals surface area (Å²) in [6, 6.07) is 9.08. The number of methoxy groups -OCH3 is 1. The lowest BCUT2D eigenvalue weighted by atomic mass is 10.1. The van der Waals surface area contributed by atoms with Crippen molar-refractivity contribution in [2.45, 2.75) is 25.8 Å². The first-order valence-electron chi connectivity index (χ1n) is 8.70. The van der Waals surface area contributed by atoms with E-state index in [1.807, 2.05) is 24.9 Å². The molecule has 0 saturated carbocycles. The molecule has 0 unspecified atom stereocenters. The van der Waals surface area contributed by atoms with Crippen LogP contribution >= 0.6 is 0 Å². The predicted octanol–water partition coefficient (Wildman–Crippen LogP) is 2.58. The van der Waals surface area contributed by atoms with Crippen LogP contribution in [-0.2, 0) is 4.79 Å². The number of nitrogens with zero attached hydrogens (tertiary/aromatic N) is 3. The van der Waals surface area contributed by atoms with E-state index in [-0.39, 0.29) is 18.6 Å². The second-order valence-corrected chi connectivity index (χ2v) is 6.18. The minimum atomic E-state index is -0.0365. The van der Waals surface area contributed by atoms with Crippen molar-refractivity contribution in [2.75, 3.05) is 32.6 Å². The molecule has 1 fully saturated rings. The standard InChI is InChI=1S/C19H24N4O3/c1-13-21-16(11-18(20-2)22-13)17-5-4-10-23(17)19(24)12-26-15-8-6-14(25-3)7-9-15/h6-9,11,17H,4-5,10,12H2,1-3H3,(H,20,21,22)/t17-/m1/s1. The van der Waals surface area contributed by atoms with Crippen molar-refractivity contribution in [3.63, 3.8) is 0 Å². The SMILES string of the molecule is CNc1cc([C@H]2CCCN2C(=O)COc2ccc(OC)cc2)nc(C)n1. The highest BCUT2D eigenvalue weighted by atomic mass is 16.5. The molecule has 0 spiro atoms. The number of benzene rings is 1. The van der Waals surface area contributed by atoms with Gasteiger partial charge in [-0.1, -0.05) is 0 Å². The number of likely N-dealkylation sites (tertiary alicyclic amines) is 1. The van der Waals surface area contributed by atoms with E-state index < -0.39 is 0 Å². The Morgan fingerprint density at radius 3 is 2.69 bits per heavy atom. The van der Waals surface area contributed by atoms with Gasteiger partial charge in [0.2, 0.25) is 0 Å². The first-order chi connectivity index (χ1) is 12.6. The highest BCUT2D eigenvalue weighted by Gasteiger charge is 2.31. The fraction of sp³-hybridized carbons (Fsp3) is 0.421. The first-order valence-corrected chi connectivity index (χ1v) is 8.70. The van der Waals surface area contributed by atoms with Crippen LogP contribution in [0.1, 0.15) is 30.4 Å². The molecule has 1 aromatic heterocycles. The van der Waals surface area contributed by atoms with Gasteiger partial charge in [-0.05, 0) is 44.0 Å². The normalized spacial score (nSPS) is 16.4. The van der Waals surface area contributed by atoms with E-state index in [0.717, 1.165) is 30.1 Å². The van der Waals surface area contributed by atoms with Gasteiger partial charge in [-0.3, -0.25) is 4.79 Å². The average molecular weight is 356 g/mol. The molecular weight excluding hydrogens is 332 g/mol. The predicted molar refractivity (Wildman–Crippen MR) is 98.5 cm³/mol. The van der Waals surface area contributed by atoms with Gasteiger partial charge >= 0.3 is 0 Å². The van der Waals surface area contributed by atoms with Crippen LogP contribution < -0.4 is 14.8 Å². The Labute approximate surface area is 153 Å². The van der Waals surface area contributed by atoms with Crippen molar-refractivity contribution in [2.24, 2.45) is 0 Å². The van der Waals surface area contributed by atoms with E-state index in [4.69, 9.17) is 9.47 Å². The first kappa shape index (κ1) is 18.0. The smallest absolute Gasteiger partial charge is 0.261 e. The number of ether oxygens (including phenoxy) is 2. The number of anilines is 1. The van der Waals surface area contributed by atoms with Gasteiger partial charge in [0.05, 0.1) is 18.8 Å². The number of carbonyl (C=O) groups is 1. The van der Waals surface area contributed by atoms with Crippen molar-refractivity contribution < 1.29 is 14.3 Å². The van der Waals surface area contributed by atoms with Gasteiger partial charge in [-0.25, -0.2) is 9.97 Å². The summed E-state index contributed by atoms with van der Waals surface area (Å²) in [5.41, 5.74) is 0.872. The zero-order chi connectivity index (χ0) is 18.5. The van der Waals surface area contributed by atoms with E-state index >= 15 is 0 Å². The Kier molecular flexibility index (Phi) is 5.55. The molecule has 1 aromatic carbocycles. The number of aryl methyl sites for hydroxylation is 1. The molecule has 1 amide bonds. The van der Waals surface area contributed by atoms with Crippen LogP contribution in [-0.4, -0.2) is 48.1 Å². The van der Waals surface area contributed by atoms with Crippen molar-refractivity contribution in [1.29, 1.82) is 0 Å². The van der Waals surface area contributed by atoms with Gasteiger partial charge in [-0.15, -0.1) is 0 Å². The molecule has 1 N–H and O–H groups in total. The summed E-state index contributed by atoms with van der Waals surface area (Å²) in [5, 5.41) is 3.04. The summed E-state index contributed by atoms with van der Waals surface area (Å²) >= 11 is 0. The quantitative estimate of drug-likeness (QED) is 0.857. The fourth-order valence-corrected chi connectivity index (χ4v) is 3.16. The molecule has 1 atom stereocenters. The summed E-state index contributed by atoms with van der Waals surface area (Å²) in [6.07, 6.45) is 1.85. The van der Waals surface area contributed by atoms with Crippen LogP contribution in [0.3, 0.4) is 0 Å². The number of carbonyl (C=O) groups excluding carboxylic acids is 1. The van der Waals surface area contributed by atoms with Gasteiger partial charge in [0.25, 0.3) is 5.91 Å². The van der Waals surface area contributed by atoms with Crippen LogP contribution in [0, 0.1) is 6.92 Å². The van der Waals surface area contributed by atoms with E-state index in [2.05, 4.69) is 15.3 Å². The molecule has 2 aromatic rings. The second kappa shape index (κ2) is 8.03. The van der Waals surface area contributed by atoms with E-state index in [1.54, 1.807) is 31.4 Å². The van der Waals surface area contributed by atoms with Gasteiger partial charge in [0.15, 0.2) is 6.61 Å². The summed E-state index contributed by atoms with van der Waals surface area (Å²) in [4.78, 5) is 23.4. The number of hydrogen-bond donors (Lipinski definition) is 1. The lowest BCUT2D eigenvalue weighted by Crippen LogP contribution is -2.35. The Bertz CT molecular complexity index is 764. The fourth-order valence-electron chi connectivity index (χ4n) is 3.16. The molecule has 0 bridgehead atoms. The van der Waals surface area contributed by atoms with Crippen molar-refractivity contribution in [3.05, 3.63) is 41.9 Å². The van der Waals surface area contributed by atoms with Crippen LogP contribution in [0.25, 0.3) is 0 Å². The van der Waals surface area contributed by atoms with E-state index in [1.165, 1.54) is 0 Å². The Hall–Kier alpha value is -2.83. The van der Waals surface area contributed by atoms with Gasteiger partial charge in [0.1, 0.15) is 23.1 Å². The van der Waals surface area contributed by atoms with Gasteiger partial charge in [0, 0.05) is 19.7 Å². The van der Waals surface area contributed by atoms with Crippen molar-refractivity contribution >= 4 is 11.7 Å². The molecule has 1 aliphatic heterocycles. The minimum Gasteiger partial charge on any atom is -0.497 e. The molecule has 7 nitrogen and oxygen atoms in total. The summed E-state index contributed by atoms with van der Waals surface area (Å²) < 4.78 is 10.8. The zero-order valence-corrected chi connectivity index (χ0v) is 15.4. The Balaban J connectivity index is 1.67. The molecule has 0 radical (unpaired) electrons. The van der Waals surface area contributed by atoms with Crippen LogP contribution in [0.15, 0.2) is 30.3 Å². The molecule has 26 heavy (non-hydrogen) atoms. The van der Waals surface area contributed by atoms with Gasteiger partial charge in [-0.2, -0.15) is 0 Å². The van der Waals surface area contributed by atoms with Crippen LogP contribution in [0.2, 0.25) is 0 Å². The lowest BCUT2D eigenvalue weighted by Gasteiger charge is -2.25. The van der Waals surface area contributed by atoms with Crippen LogP contribution in [0.5, 0.6) is 11.5 Å². The second-order valence-electron chi connectivity index (χ2n) is 6.18. The average Bonchev–Trinajstić information content (AvgIpc) is 3.16. The molecule has 0 aliphatic carbocycles. The third-order valence-electron chi connectivity index (χ3n) is 4.45. The summed E-state index contributed by atoms with van der Waals surface area (Å²) in [6.45, 7) is 2.58. The Morgan fingerprint density at radius 1 is 1.27 bits per heavy atom. The topological polar surface area (TPSA) is 76.6 Å². The maximum Gasteiger partial charge on any atom is 0.261 e. The van der Waals surface area contributed by atoms with E-state index in [9.17, 15) is 4.79 Å². The molecule has 1 saturated heterocycles. The zero-order valence-electron chi connectivity index (χ0n) is 15.4.